The molecule has 0 saturated carbocycles. The average Bonchev–Trinajstić information content (AvgIpc) is 3.10. The molecule has 3 aromatic rings. The number of hydrogen-bond donors (Lipinski definition) is 2. The van der Waals surface area contributed by atoms with Crippen molar-refractivity contribution in [1.29, 1.82) is 0 Å². The fourth-order valence-electron chi connectivity index (χ4n) is 3.19. The first-order valence-electron chi connectivity index (χ1n) is 8.33. The summed E-state index contributed by atoms with van der Waals surface area (Å²) < 4.78 is 67.5. The molecule has 8 nitrogen and oxygen atoms in total. The number of carbonyl (C=O) groups is 1. The van der Waals surface area contributed by atoms with Crippen molar-refractivity contribution < 1.29 is 31.5 Å². The first-order valence-corrected chi connectivity index (χ1v) is 9.99. The van der Waals surface area contributed by atoms with Gasteiger partial charge in [0.05, 0.1) is 22.5 Å². The molecule has 1 aromatic carbocycles. The molecular formula is C17H17F3N4O4S. The maximum Gasteiger partial charge on any atom is 0.418 e. The molecule has 0 saturated heterocycles. The first-order chi connectivity index (χ1) is 13.4. The van der Waals surface area contributed by atoms with Crippen LogP contribution in [-0.2, 0) is 29.7 Å². The summed E-state index contributed by atoms with van der Waals surface area (Å²) in [6, 6.07) is 5.01. The Balaban J connectivity index is 2.07. The zero-order valence-corrected chi connectivity index (χ0v) is 16.2. The number of carboxylic acid groups (broad SMARTS) is 1. The van der Waals surface area contributed by atoms with Gasteiger partial charge in [0.15, 0.2) is 0 Å². The quantitative estimate of drug-likeness (QED) is 0.648. The van der Waals surface area contributed by atoms with Crippen molar-refractivity contribution >= 4 is 27.0 Å². The number of nitrogens with one attached hydrogen (secondary N) is 1. The van der Waals surface area contributed by atoms with Crippen LogP contribution in [0.5, 0.6) is 0 Å². The highest BCUT2D eigenvalue weighted by Gasteiger charge is 2.31. The van der Waals surface area contributed by atoms with E-state index in [9.17, 15) is 26.4 Å². The van der Waals surface area contributed by atoms with Crippen molar-refractivity contribution in [3.8, 4) is 5.82 Å². The van der Waals surface area contributed by atoms with Crippen LogP contribution < -0.4 is 4.72 Å². The lowest BCUT2D eigenvalue weighted by Gasteiger charge is -2.12. The molecule has 156 valence electrons. The van der Waals surface area contributed by atoms with E-state index in [1.807, 2.05) is 0 Å². The molecule has 12 heteroatoms. The fraction of sp³-hybridized carbons (Fsp3) is 0.294. The van der Waals surface area contributed by atoms with Gasteiger partial charge in [-0.05, 0) is 31.5 Å². The van der Waals surface area contributed by atoms with Crippen molar-refractivity contribution in [1.82, 2.24) is 19.1 Å². The summed E-state index contributed by atoms with van der Waals surface area (Å²) in [5, 5.41) is 13.4. The van der Waals surface area contributed by atoms with E-state index in [4.69, 9.17) is 5.11 Å². The van der Waals surface area contributed by atoms with Crippen LogP contribution in [0.4, 0.5) is 18.0 Å². The number of aryl methyl sites for hydroxylation is 2. The smallest absolute Gasteiger partial charge is 0.418 e. The molecule has 0 bridgehead atoms. The van der Waals surface area contributed by atoms with Crippen molar-refractivity contribution in [2.75, 3.05) is 5.75 Å². The highest BCUT2D eigenvalue weighted by atomic mass is 32.2. The van der Waals surface area contributed by atoms with Gasteiger partial charge in [0.2, 0.25) is 10.0 Å². The Morgan fingerprint density at radius 2 is 1.97 bits per heavy atom. The number of nitrogens with zero attached hydrogens (tertiary/aromatic N) is 3. The second-order valence-electron chi connectivity index (χ2n) is 6.44. The Kier molecular flexibility index (Phi) is 5.07. The van der Waals surface area contributed by atoms with E-state index in [0.29, 0.717) is 22.5 Å². The molecule has 0 fully saturated rings. The van der Waals surface area contributed by atoms with Gasteiger partial charge in [0.1, 0.15) is 5.82 Å². The molecular weight excluding hydrogens is 413 g/mol. The lowest BCUT2D eigenvalue weighted by Crippen LogP contribution is -2.31. The Morgan fingerprint density at radius 1 is 1.28 bits per heavy atom. The number of alkyl halides is 3. The molecule has 0 atom stereocenters. The highest BCUT2D eigenvalue weighted by Crippen LogP contribution is 2.33. The number of aromatic nitrogens is 3. The Morgan fingerprint density at radius 3 is 2.59 bits per heavy atom. The predicted octanol–water partition coefficient (Wildman–Crippen LogP) is 2.83. The minimum Gasteiger partial charge on any atom is -0.464 e. The Hall–Kier alpha value is -3.02. The van der Waals surface area contributed by atoms with E-state index >= 15 is 0 Å². The van der Waals surface area contributed by atoms with Crippen molar-refractivity contribution in [3.63, 3.8) is 0 Å². The van der Waals surface area contributed by atoms with Gasteiger partial charge in [-0.1, -0.05) is 6.07 Å². The van der Waals surface area contributed by atoms with E-state index in [-0.39, 0.29) is 11.9 Å². The van der Waals surface area contributed by atoms with Crippen LogP contribution in [0.25, 0.3) is 16.7 Å². The molecule has 2 heterocycles. The molecule has 0 unspecified atom stereocenters. The third-order valence-corrected chi connectivity index (χ3v) is 5.65. The first kappa shape index (κ1) is 20.7. The van der Waals surface area contributed by atoms with Gasteiger partial charge < -0.3 is 9.67 Å². The summed E-state index contributed by atoms with van der Waals surface area (Å²) in [7, 11) is -2.49. The number of hydrogen-bond acceptors (Lipinski definition) is 4. The number of amides is 1. The van der Waals surface area contributed by atoms with E-state index in [0.717, 1.165) is 12.1 Å². The minimum absolute atomic E-state index is 0.0732. The second-order valence-corrected chi connectivity index (χ2v) is 8.29. The van der Waals surface area contributed by atoms with Gasteiger partial charge in [-0.3, -0.25) is 4.68 Å². The van der Waals surface area contributed by atoms with Gasteiger partial charge in [0, 0.05) is 24.2 Å². The number of fused-ring (bicyclic) bond motifs is 1. The molecule has 0 radical (unpaired) electrons. The van der Waals surface area contributed by atoms with Crippen LogP contribution in [0.2, 0.25) is 0 Å². The third-order valence-electron chi connectivity index (χ3n) is 4.43. The van der Waals surface area contributed by atoms with Gasteiger partial charge >= 0.3 is 12.3 Å². The van der Waals surface area contributed by atoms with Gasteiger partial charge in [-0.25, -0.2) is 17.9 Å². The molecule has 0 spiro atoms. The number of rotatable bonds is 5. The molecule has 29 heavy (non-hydrogen) atoms. The van der Waals surface area contributed by atoms with Gasteiger partial charge in [0.25, 0.3) is 0 Å². The number of halogens is 3. The minimum atomic E-state index is -4.51. The molecule has 3 rings (SSSR count). The molecule has 0 aliphatic rings. The van der Waals surface area contributed by atoms with Crippen molar-refractivity contribution in [2.24, 2.45) is 7.05 Å². The van der Waals surface area contributed by atoms with Crippen LogP contribution in [-0.4, -0.2) is 39.7 Å². The average molecular weight is 430 g/mol. The Bertz CT molecular complexity index is 1200. The van der Waals surface area contributed by atoms with Gasteiger partial charge in [-0.15, -0.1) is 0 Å². The monoisotopic (exact) mass is 430 g/mol. The van der Waals surface area contributed by atoms with Gasteiger partial charge in [-0.2, -0.15) is 18.3 Å². The lowest BCUT2D eigenvalue weighted by molar-refractivity contribution is -0.137. The van der Waals surface area contributed by atoms with E-state index in [1.54, 1.807) is 26.2 Å². The second kappa shape index (κ2) is 7.10. The molecule has 1 amide bonds. The zero-order valence-electron chi connectivity index (χ0n) is 15.4. The van der Waals surface area contributed by atoms with Crippen LogP contribution in [0.1, 0.15) is 16.8 Å². The third kappa shape index (κ3) is 4.21. The number of sulfonamides is 1. The van der Waals surface area contributed by atoms with Crippen LogP contribution >= 0.6 is 0 Å². The molecule has 2 aromatic heterocycles. The largest absolute Gasteiger partial charge is 0.464 e. The normalized spacial score (nSPS) is 12.4. The SMILES string of the molecule is Cc1nn(C)c(-n2ccc3ccc(C(F)(F)F)cc32)c1CCS(=O)(=O)NC(=O)O. The summed E-state index contributed by atoms with van der Waals surface area (Å²) in [5.74, 6) is -0.117. The van der Waals surface area contributed by atoms with E-state index in [1.165, 1.54) is 20.0 Å². The van der Waals surface area contributed by atoms with E-state index in [2.05, 4.69) is 5.10 Å². The van der Waals surface area contributed by atoms with Crippen LogP contribution in [0.3, 0.4) is 0 Å². The standard InChI is InChI=1S/C17H17F3N4O4S/c1-10-13(6-8-29(27,28)22-16(25)26)15(23(2)21-10)24-7-5-11-3-4-12(9-14(11)24)17(18,19)20/h3-5,7,9,22H,6,8H2,1-2H3,(H,25,26). The lowest BCUT2D eigenvalue weighted by atomic mass is 10.1. The maximum absolute atomic E-state index is 13.1. The fourth-order valence-corrected chi connectivity index (χ4v) is 4.03. The highest BCUT2D eigenvalue weighted by molar-refractivity contribution is 7.90. The maximum atomic E-state index is 13.1. The summed E-state index contributed by atoms with van der Waals surface area (Å²) in [6.07, 6.45) is -4.69. The summed E-state index contributed by atoms with van der Waals surface area (Å²) >= 11 is 0. The summed E-state index contributed by atoms with van der Waals surface area (Å²) in [5.41, 5.74) is 0.453. The van der Waals surface area contributed by atoms with E-state index < -0.39 is 33.6 Å². The molecule has 0 aliphatic heterocycles. The summed E-state index contributed by atoms with van der Waals surface area (Å²) in [4.78, 5) is 10.6. The number of benzene rings is 1. The van der Waals surface area contributed by atoms with Crippen LogP contribution in [0, 0.1) is 6.92 Å². The molecule has 2 N–H and O–H groups in total. The summed E-state index contributed by atoms with van der Waals surface area (Å²) in [6.45, 7) is 1.64. The predicted molar refractivity (Wildman–Crippen MR) is 98.4 cm³/mol. The zero-order chi connectivity index (χ0) is 21.6. The topological polar surface area (TPSA) is 106 Å². The molecule has 0 aliphatic carbocycles. The Labute approximate surface area is 163 Å². The van der Waals surface area contributed by atoms with Crippen molar-refractivity contribution in [3.05, 3.63) is 47.3 Å². The van der Waals surface area contributed by atoms with Crippen LogP contribution in [0.15, 0.2) is 30.5 Å². The van der Waals surface area contributed by atoms with Crippen molar-refractivity contribution in [2.45, 2.75) is 19.5 Å².